The zero-order valence-corrected chi connectivity index (χ0v) is 12.4. The van der Waals surface area contributed by atoms with Crippen molar-refractivity contribution in [1.29, 1.82) is 0 Å². The third-order valence-electron chi connectivity index (χ3n) is 2.81. The summed E-state index contributed by atoms with van der Waals surface area (Å²) in [6.07, 6.45) is 2.80. The fraction of sp³-hybridized carbons (Fsp3) is 0.438. The lowest BCUT2D eigenvalue weighted by molar-refractivity contribution is -0.131. The van der Waals surface area contributed by atoms with Gasteiger partial charge in [-0.2, -0.15) is 0 Å². The van der Waals surface area contributed by atoms with E-state index in [4.69, 9.17) is 5.11 Å². The van der Waals surface area contributed by atoms with Gasteiger partial charge in [0, 0.05) is 25.4 Å². The summed E-state index contributed by atoms with van der Waals surface area (Å²) in [5.74, 6) is -0.923. The summed E-state index contributed by atoms with van der Waals surface area (Å²) in [7, 11) is 2.08. The number of hydrogen-bond acceptors (Lipinski definition) is 2. The number of aliphatic carboxylic acids is 1. The van der Waals surface area contributed by atoms with Crippen molar-refractivity contribution in [2.24, 2.45) is 5.41 Å². The third-order valence-corrected chi connectivity index (χ3v) is 2.81. The predicted octanol–water partition coefficient (Wildman–Crippen LogP) is 3.58. The molecule has 0 saturated carbocycles. The highest BCUT2D eigenvalue weighted by molar-refractivity contribution is 5.85. The fourth-order valence-corrected chi connectivity index (χ4v) is 2.05. The van der Waals surface area contributed by atoms with Gasteiger partial charge in [-0.05, 0) is 41.7 Å². The highest BCUT2D eigenvalue weighted by atomic mass is 16.4. The van der Waals surface area contributed by atoms with Crippen LogP contribution >= 0.6 is 0 Å². The van der Waals surface area contributed by atoms with Crippen molar-refractivity contribution >= 4 is 17.7 Å². The first-order chi connectivity index (χ1) is 8.69. The van der Waals surface area contributed by atoms with Crippen LogP contribution in [0, 0.1) is 12.3 Å². The van der Waals surface area contributed by atoms with E-state index in [-0.39, 0.29) is 5.41 Å². The van der Waals surface area contributed by atoms with Crippen LogP contribution in [0.25, 0.3) is 6.08 Å². The lowest BCUT2D eigenvalue weighted by Gasteiger charge is -2.28. The molecule has 0 saturated heterocycles. The monoisotopic (exact) mass is 261 g/mol. The van der Waals surface area contributed by atoms with Gasteiger partial charge in [-0.1, -0.05) is 26.8 Å². The van der Waals surface area contributed by atoms with Crippen LogP contribution in [-0.4, -0.2) is 24.7 Å². The average Bonchev–Trinajstić information content (AvgIpc) is 2.24. The van der Waals surface area contributed by atoms with Gasteiger partial charge in [0.15, 0.2) is 0 Å². The maximum Gasteiger partial charge on any atom is 0.328 e. The van der Waals surface area contributed by atoms with Crippen molar-refractivity contribution < 1.29 is 9.90 Å². The summed E-state index contributed by atoms with van der Waals surface area (Å²) < 4.78 is 0. The molecule has 0 heterocycles. The van der Waals surface area contributed by atoms with Crippen molar-refractivity contribution in [3.8, 4) is 0 Å². The third kappa shape index (κ3) is 5.16. The van der Waals surface area contributed by atoms with Gasteiger partial charge < -0.3 is 10.0 Å². The standard InChI is InChI=1S/C16H23NO2/c1-12-10-14(17(5)11-16(2,3)4)8-6-13(12)7-9-15(18)19/h6-10H,11H2,1-5H3,(H,18,19). The Balaban J connectivity index is 2.90. The Morgan fingerprint density at radius 1 is 1.37 bits per heavy atom. The summed E-state index contributed by atoms with van der Waals surface area (Å²) in [6, 6.07) is 6.08. The van der Waals surface area contributed by atoms with Gasteiger partial charge in [-0.25, -0.2) is 4.79 Å². The molecule has 1 rings (SSSR count). The quantitative estimate of drug-likeness (QED) is 0.842. The molecule has 0 spiro atoms. The zero-order chi connectivity index (χ0) is 14.6. The first kappa shape index (κ1) is 15.3. The normalized spacial score (nSPS) is 11.8. The van der Waals surface area contributed by atoms with E-state index in [1.54, 1.807) is 6.08 Å². The molecule has 0 atom stereocenters. The summed E-state index contributed by atoms with van der Waals surface area (Å²) in [5, 5.41) is 8.64. The second-order valence-electron chi connectivity index (χ2n) is 6.13. The van der Waals surface area contributed by atoms with Crippen LogP contribution in [0.2, 0.25) is 0 Å². The number of anilines is 1. The van der Waals surface area contributed by atoms with Crippen molar-refractivity contribution in [2.45, 2.75) is 27.7 Å². The number of carboxylic acids is 1. The number of nitrogens with zero attached hydrogens (tertiary/aromatic N) is 1. The van der Waals surface area contributed by atoms with Crippen LogP contribution in [0.3, 0.4) is 0 Å². The molecule has 1 N–H and O–H groups in total. The molecule has 0 aliphatic carbocycles. The molecule has 0 radical (unpaired) electrons. The minimum Gasteiger partial charge on any atom is -0.478 e. The SMILES string of the molecule is Cc1cc(N(C)CC(C)(C)C)ccc1C=CC(=O)O. The topological polar surface area (TPSA) is 40.5 Å². The van der Waals surface area contributed by atoms with Crippen LogP contribution in [0.15, 0.2) is 24.3 Å². The Hall–Kier alpha value is -1.77. The Labute approximate surface area is 115 Å². The van der Waals surface area contributed by atoms with Crippen LogP contribution < -0.4 is 4.90 Å². The van der Waals surface area contributed by atoms with E-state index >= 15 is 0 Å². The summed E-state index contributed by atoms with van der Waals surface area (Å²) in [6.45, 7) is 9.59. The number of hydrogen-bond donors (Lipinski definition) is 1. The molecule has 3 nitrogen and oxygen atoms in total. The Kier molecular flexibility index (Phi) is 4.76. The number of benzene rings is 1. The minimum atomic E-state index is -0.923. The second-order valence-corrected chi connectivity index (χ2v) is 6.13. The van der Waals surface area contributed by atoms with Crippen LogP contribution in [0.4, 0.5) is 5.69 Å². The van der Waals surface area contributed by atoms with E-state index in [0.29, 0.717) is 0 Å². The number of carbonyl (C=O) groups is 1. The Morgan fingerprint density at radius 2 is 2.00 bits per heavy atom. The number of aryl methyl sites for hydroxylation is 1. The van der Waals surface area contributed by atoms with Crippen LogP contribution in [0.5, 0.6) is 0 Å². The molecule has 0 aromatic heterocycles. The van der Waals surface area contributed by atoms with Gasteiger partial charge in [-0.15, -0.1) is 0 Å². The molecular weight excluding hydrogens is 238 g/mol. The summed E-state index contributed by atoms with van der Waals surface area (Å²) in [5.41, 5.74) is 3.41. The molecule has 104 valence electrons. The second kappa shape index (κ2) is 5.91. The maximum absolute atomic E-state index is 10.5. The molecular formula is C16H23NO2. The minimum absolute atomic E-state index is 0.241. The molecule has 19 heavy (non-hydrogen) atoms. The largest absolute Gasteiger partial charge is 0.478 e. The van der Waals surface area contributed by atoms with E-state index in [1.165, 1.54) is 6.08 Å². The average molecular weight is 261 g/mol. The number of carboxylic acid groups (broad SMARTS) is 1. The van der Waals surface area contributed by atoms with E-state index in [2.05, 4.69) is 38.8 Å². The van der Waals surface area contributed by atoms with E-state index < -0.39 is 5.97 Å². The predicted molar refractivity (Wildman–Crippen MR) is 80.6 cm³/mol. The van der Waals surface area contributed by atoms with Gasteiger partial charge in [0.25, 0.3) is 0 Å². The van der Waals surface area contributed by atoms with Crippen LogP contribution in [-0.2, 0) is 4.79 Å². The first-order valence-corrected chi connectivity index (χ1v) is 6.42. The Bertz CT molecular complexity index is 484. The molecule has 0 amide bonds. The smallest absolute Gasteiger partial charge is 0.328 e. The van der Waals surface area contributed by atoms with Gasteiger partial charge >= 0.3 is 5.97 Å². The Morgan fingerprint density at radius 3 is 2.47 bits per heavy atom. The van der Waals surface area contributed by atoms with E-state index in [0.717, 1.165) is 23.4 Å². The van der Waals surface area contributed by atoms with Gasteiger partial charge in [-0.3, -0.25) is 0 Å². The molecule has 0 bridgehead atoms. The molecule has 0 fully saturated rings. The van der Waals surface area contributed by atoms with Gasteiger partial charge in [0.1, 0.15) is 0 Å². The summed E-state index contributed by atoms with van der Waals surface area (Å²) in [4.78, 5) is 12.7. The lowest BCUT2D eigenvalue weighted by atomic mass is 9.96. The van der Waals surface area contributed by atoms with Gasteiger partial charge in [0.2, 0.25) is 0 Å². The van der Waals surface area contributed by atoms with E-state index in [1.807, 2.05) is 19.1 Å². The molecule has 0 unspecified atom stereocenters. The molecule has 0 aliphatic rings. The molecule has 1 aromatic rings. The van der Waals surface area contributed by atoms with Crippen molar-refractivity contribution in [2.75, 3.05) is 18.5 Å². The van der Waals surface area contributed by atoms with Crippen molar-refractivity contribution in [3.05, 3.63) is 35.4 Å². The zero-order valence-electron chi connectivity index (χ0n) is 12.4. The highest BCUT2D eigenvalue weighted by Crippen LogP contribution is 2.23. The molecule has 3 heteroatoms. The summed E-state index contributed by atoms with van der Waals surface area (Å²) >= 11 is 0. The van der Waals surface area contributed by atoms with E-state index in [9.17, 15) is 4.79 Å². The lowest BCUT2D eigenvalue weighted by Crippen LogP contribution is -2.29. The fourth-order valence-electron chi connectivity index (χ4n) is 2.05. The maximum atomic E-state index is 10.5. The van der Waals surface area contributed by atoms with Crippen molar-refractivity contribution in [3.63, 3.8) is 0 Å². The first-order valence-electron chi connectivity index (χ1n) is 6.42. The molecule has 0 aliphatic heterocycles. The number of rotatable bonds is 4. The highest BCUT2D eigenvalue weighted by Gasteiger charge is 2.14. The van der Waals surface area contributed by atoms with Crippen molar-refractivity contribution in [1.82, 2.24) is 0 Å². The molecule has 1 aromatic carbocycles. The van der Waals surface area contributed by atoms with Gasteiger partial charge in [0.05, 0.1) is 0 Å². The van der Waals surface area contributed by atoms with Crippen LogP contribution in [0.1, 0.15) is 31.9 Å².